The predicted molar refractivity (Wildman–Crippen MR) is 74.0 cm³/mol. The van der Waals surface area contributed by atoms with Gasteiger partial charge in [-0.05, 0) is 30.2 Å². The second-order valence-electron chi connectivity index (χ2n) is 4.99. The van der Waals surface area contributed by atoms with Crippen molar-refractivity contribution in [1.82, 2.24) is 5.32 Å². The van der Waals surface area contributed by atoms with Crippen molar-refractivity contribution < 1.29 is 9.15 Å². The van der Waals surface area contributed by atoms with Gasteiger partial charge in [0.2, 0.25) is 0 Å². The van der Waals surface area contributed by atoms with Gasteiger partial charge in [-0.3, -0.25) is 0 Å². The summed E-state index contributed by atoms with van der Waals surface area (Å²) in [5.74, 6) is 0.434. The zero-order valence-corrected chi connectivity index (χ0v) is 10.9. The van der Waals surface area contributed by atoms with Gasteiger partial charge in [-0.2, -0.15) is 0 Å². The van der Waals surface area contributed by atoms with Gasteiger partial charge >= 0.3 is 0 Å². The van der Waals surface area contributed by atoms with Crippen LogP contribution in [0.2, 0.25) is 0 Å². The number of benzene rings is 1. The molecule has 1 fully saturated rings. The summed E-state index contributed by atoms with van der Waals surface area (Å²) in [5, 5.41) is 3.41. The van der Waals surface area contributed by atoms with Gasteiger partial charge in [0.1, 0.15) is 0 Å². The van der Waals surface area contributed by atoms with E-state index < -0.39 is 0 Å². The van der Waals surface area contributed by atoms with Gasteiger partial charge in [-0.25, -0.2) is 0 Å². The van der Waals surface area contributed by atoms with E-state index in [0.717, 1.165) is 19.5 Å². The van der Waals surface area contributed by atoms with Crippen molar-refractivity contribution in [1.29, 1.82) is 0 Å². The fourth-order valence-electron chi connectivity index (χ4n) is 2.65. The summed E-state index contributed by atoms with van der Waals surface area (Å²) < 4.78 is 11.3. The number of hydrogen-bond donors (Lipinski definition) is 1. The molecule has 3 rings (SSSR count). The third-order valence-corrected chi connectivity index (χ3v) is 3.70. The minimum atomic E-state index is 0.214. The number of furan rings is 1. The Labute approximate surface area is 113 Å². The van der Waals surface area contributed by atoms with Crippen molar-refractivity contribution in [2.24, 2.45) is 0 Å². The minimum absolute atomic E-state index is 0.214. The number of nitrogens with one attached hydrogen (secondary N) is 1. The highest BCUT2D eigenvalue weighted by molar-refractivity contribution is 5.17. The van der Waals surface area contributed by atoms with E-state index in [0.29, 0.717) is 12.5 Å². The molecule has 3 heteroatoms. The molecule has 0 aliphatic carbocycles. The van der Waals surface area contributed by atoms with Gasteiger partial charge in [0, 0.05) is 12.5 Å². The van der Waals surface area contributed by atoms with Crippen LogP contribution in [0.15, 0.2) is 53.3 Å². The molecule has 0 amide bonds. The van der Waals surface area contributed by atoms with E-state index in [9.17, 15) is 0 Å². The van der Waals surface area contributed by atoms with Crippen molar-refractivity contribution in [3.8, 4) is 0 Å². The Morgan fingerprint density at radius 2 is 2.11 bits per heavy atom. The zero-order valence-electron chi connectivity index (χ0n) is 10.9. The van der Waals surface area contributed by atoms with E-state index in [2.05, 4.69) is 23.5 Å². The van der Waals surface area contributed by atoms with Gasteiger partial charge in [0.05, 0.1) is 25.2 Å². The Balaban J connectivity index is 1.64. The summed E-state index contributed by atoms with van der Waals surface area (Å²) in [6.07, 6.45) is 4.89. The van der Waals surface area contributed by atoms with Gasteiger partial charge in [-0.1, -0.05) is 30.3 Å². The normalized spacial score (nSPS) is 23.4. The fraction of sp³-hybridized carbons (Fsp3) is 0.375. The molecule has 2 heterocycles. The topological polar surface area (TPSA) is 34.4 Å². The Kier molecular flexibility index (Phi) is 3.96. The van der Waals surface area contributed by atoms with Crippen LogP contribution in [0.5, 0.6) is 0 Å². The van der Waals surface area contributed by atoms with E-state index >= 15 is 0 Å². The molecular weight excluding hydrogens is 238 g/mol. The molecular formula is C16H19NO2. The highest BCUT2D eigenvalue weighted by Gasteiger charge is 2.27. The van der Waals surface area contributed by atoms with E-state index in [4.69, 9.17) is 9.15 Å². The maximum atomic E-state index is 6.10. The molecule has 1 aromatic heterocycles. The summed E-state index contributed by atoms with van der Waals surface area (Å²) in [6, 6.07) is 12.4. The van der Waals surface area contributed by atoms with E-state index in [1.54, 1.807) is 6.26 Å². The molecule has 0 saturated carbocycles. The van der Waals surface area contributed by atoms with Gasteiger partial charge in [-0.15, -0.1) is 0 Å². The maximum absolute atomic E-state index is 6.10. The van der Waals surface area contributed by atoms with Crippen LogP contribution in [0, 0.1) is 0 Å². The molecule has 1 N–H and O–H groups in total. The highest BCUT2D eigenvalue weighted by Crippen LogP contribution is 2.28. The number of rotatable bonds is 4. The molecule has 2 atom stereocenters. The summed E-state index contributed by atoms with van der Waals surface area (Å²) in [5.41, 5.74) is 2.47. The number of ether oxygens (including phenoxy) is 1. The number of hydrogen-bond acceptors (Lipinski definition) is 3. The van der Waals surface area contributed by atoms with Crippen molar-refractivity contribution in [2.45, 2.75) is 25.0 Å². The lowest BCUT2D eigenvalue weighted by molar-refractivity contribution is 0.0105. The average molecular weight is 257 g/mol. The molecule has 19 heavy (non-hydrogen) atoms. The molecule has 3 nitrogen and oxygen atoms in total. The lowest BCUT2D eigenvalue weighted by Crippen LogP contribution is -2.40. The second-order valence-corrected chi connectivity index (χ2v) is 4.99. The van der Waals surface area contributed by atoms with Gasteiger partial charge < -0.3 is 14.5 Å². The Morgan fingerprint density at radius 3 is 2.89 bits per heavy atom. The third kappa shape index (κ3) is 3.06. The largest absolute Gasteiger partial charge is 0.472 e. The zero-order chi connectivity index (χ0) is 12.9. The third-order valence-electron chi connectivity index (χ3n) is 3.70. The molecule has 1 aliphatic rings. The van der Waals surface area contributed by atoms with Gasteiger partial charge in [0.15, 0.2) is 0 Å². The first-order valence-electron chi connectivity index (χ1n) is 6.82. The van der Waals surface area contributed by atoms with Crippen LogP contribution in [0.4, 0.5) is 0 Å². The first-order valence-corrected chi connectivity index (χ1v) is 6.82. The SMILES string of the molecule is c1ccc(CO[C@H]2CNCC[C@@H]2c2ccoc2)cc1. The lowest BCUT2D eigenvalue weighted by Gasteiger charge is -2.31. The first-order chi connectivity index (χ1) is 9.43. The van der Waals surface area contributed by atoms with Gasteiger partial charge in [0.25, 0.3) is 0 Å². The van der Waals surface area contributed by atoms with Crippen molar-refractivity contribution in [3.05, 3.63) is 60.1 Å². The molecule has 0 bridgehead atoms. The van der Waals surface area contributed by atoms with E-state index in [1.165, 1.54) is 11.1 Å². The van der Waals surface area contributed by atoms with Crippen LogP contribution in [0.25, 0.3) is 0 Å². The average Bonchev–Trinajstić information content (AvgIpc) is 3.01. The fourth-order valence-corrected chi connectivity index (χ4v) is 2.65. The van der Waals surface area contributed by atoms with Crippen LogP contribution >= 0.6 is 0 Å². The molecule has 0 radical (unpaired) electrons. The second kappa shape index (κ2) is 6.04. The highest BCUT2D eigenvalue weighted by atomic mass is 16.5. The van der Waals surface area contributed by atoms with E-state index in [1.807, 2.05) is 24.5 Å². The van der Waals surface area contributed by atoms with E-state index in [-0.39, 0.29) is 6.10 Å². The van der Waals surface area contributed by atoms with Crippen molar-refractivity contribution in [3.63, 3.8) is 0 Å². The maximum Gasteiger partial charge on any atom is 0.0938 e. The Bertz CT molecular complexity index is 481. The molecule has 1 saturated heterocycles. The monoisotopic (exact) mass is 257 g/mol. The summed E-state index contributed by atoms with van der Waals surface area (Å²) >= 11 is 0. The Hall–Kier alpha value is -1.58. The molecule has 0 unspecified atom stereocenters. The summed E-state index contributed by atoms with van der Waals surface area (Å²) in [4.78, 5) is 0. The first kappa shape index (κ1) is 12.5. The van der Waals surface area contributed by atoms with Crippen LogP contribution in [-0.2, 0) is 11.3 Å². The van der Waals surface area contributed by atoms with Crippen molar-refractivity contribution in [2.75, 3.05) is 13.1 Å². The smallest absolute Gasteiger partial charge is 0.0938 e. The summed E-state index contributed by atoms with van der Waals surface area (Å²) in [6.45, 7) is 2.62. The molecule has 1 aliphatic heterocycles. The standard InChI is InChI=1S/C16H19NO2/c1-2-4-13(5-3-1)11-19-16-10-17-8-6-15(16)14-7-9-18-12-14/h1-5,7,9,12,15-17H,6,8,10-11H2/t15-,16+/m1/s1. The quantitative estimate of drug-likeness (QED) is 0.914. The number of piperidine rings is 1. The molecule has 2 aromatic rings. The minimum Gasteiger partial charge on any atom is -0.472 e. The predicted octanol–water partition coefficient (Wildman–Crippen LogP) is 2.94. The lowest BCUT2D eigenvalue weighted by atomic mass is 9.89. The van der Waals surface area contributed by atoms with Crippen LogP contribution in [0.1, 0.15) is 23.5 Å². The molecule has 1 aromatic carbocycles. The summed E-state index contributed by atoms with van der Waals surface area (Å²) in [7, 11) is 0. The molecule has 100 valence electrons. The Morgan fingerprint density at radius 1 is 1.21 bits per heavy atom. The van der Waals surface area contributed by atoms with Crippen LogP contribution in [0.3, 0.4) is 0 Å². The molecule has 0 spiro atoms. The van der Waals surface area contributed by atoms with Crippen LogP contribution in [-0.4, -0.2) is 19.2 Å². The van der Waals surface area contributed by atoms with Crippen LogP contribution < -0.4 is 5.32 Å². The van der Waals surface area contributed by atoms with Crippen molar-refractivity contribution >= 4 is 0 Å².